The van der Waals surface area contributed by atoms with Gasteiger partial charge < -0.3 is 4.43 Å². The van der Waals surface area contributed by atoms with Gasteiger partial charge in [0.15, 0.2) is 7.83 Å². The van der Waals surface area contributed by atoms with E-state index in [1.165, 1.54) is 0 Å². The molecular weight excluding hydrogens is 168 g/mol. The summed E-state index contributed by atoms with van der Waals surface area (Å²) in [6.45, 7) is 15.1. The second-order valence-electron chi connectivity index (χ2n) is 4.61. The van der Waals surface area contributed by atoms with Gasteiger partial charge in [-0.2, -0.15) is 0 Å². The van der Waals surface area contributed by atoms with E-state index in [0.717, 1.165) is 13.0 Å². The second-order valence-corrected chi connectivity index (χ2v) is 20.5. The first-order valence-electron chi connectivity index (χ1n) is 4.45. The standard InChI is InChI=1S/C8H22OSi2/c1-7-8-9-11(5,6)10(2,3)4/h7-8H2,1-6H3. The Bertz CT molecular complexity index is 116. The van der Waals surface area contributed by atoms with E-state index in [1.807, 2.05) is 0 Å². The van der Waals surface area contributed by atoms with Gasteiger partial charge >= 0.3 is 0 Å². The van der Waals surface area contributed by atoms with E-state index >= 15 is 0 Å². The molecule has 0 N–H and O–H groups in total. The quantitative estimate of drug-likeness (QED) is 0.619. The number of hydrogen-bond acceptors (Lipinski definition) is 1. The van der Waals surface area contributed by atoms with Crippen LogP contribution in [0.2, 0.25) is 32.7 Å². The molecule has 0 aliphatic carbocycles. The van der Waals surface area contributed by atoms with Crippen LogP contribution in [0.3, 0.4) is 0 Å². The first-order valence-corrected chi connectivity index (χ1v) is 11.9. The Morgan fingerprint density at radius 2 is 1.45 bits per heavy atom. The molecule has 0 aromatic heterocycles. The van der Waals surface area contributed by atoms with Crippen molar-refractivity contribution >= 4 is 15.4 Å². The number of rotatable bonds is 4. The normalized spacial score (nSPS) is 13.6. The van der Waals surface area contributed by atoms with Gasteiger partial charge in [-0.1, -0.05) is 26.6 Å². The van der Waals surface area contributed by atoms with E-state index in [4.69, 9.17) is 4.43 Å². The zero-order chi connectivity index (χ0) is 9.12. The van der Waals surface area contributed by atoms with Crippen molar-refractivity contribution in [1.29, 1.82) is 0 Å². The molecule has 1 nitrogen and oxygen atoms in total. The van der Waals surface area contributed by atoms with Gasteiger partial charge in [0, 0.05) is 6.61 Å². The summed E-state index contributed by atoms with van der Waals surface area (Å²) in [5.41, 5.74) is 0. The van der Waals surface area contributed by atoms with E-state index in [1.54, 1.807) is 0 Å². The molecule has 0 saturated carbocycles. The first-order chi connectivity index (χ1) is 4.81. The molecule has 0 radical (unpaired) electrons. The zero-order valence-electron chi connectivity index (χ0n) is 8.82. The van der Waals surface area contributed by atoms with Crippen LogP contribution in [0.15, 0.2) is 0 Å². The topological polar surface area (TPSA) is 9.23 Å². The molecule has 0 aromatic rings. The van der Waals surface area contributed by atoms with E-state index in [9.17, 15) is 0 Å². The largest absolute Gasteiger partial charge is 0.420 e. The highest BCUT2D eigenvalue weighted by molar-refractivity contribution is 7.37. The van der Waals surface area contributed by atoms with Crippen LogP contribution in [0.4, 0.5) is 0 Å². The maximum Gasteiger partial charge on any atom is 0.173 e. The van der Waals surface area contributed by atoms with E-state index in [0.29, 0.717) is 0 Å². The summed E-state index contributed by atoms with van der Waals surface area (Å²) < 4.78 is 5.94. The highest BCUT2D eigenvalue weighted by atomic mass is 29.3. The molecular formula is C8H22OSi2. The van der Waals surface area contributed by atoms with Gasteiger partial charge in [0.25, 0.3) is 0 Å². The Hall–Kier alpha value is 0.394. The highest BCUT2D eigenvalue weighted by Gasteiger charge is 2.38. The third kappa shape index (κ3) is 3.53. The molecule has 0 atom stereocenters. The van der Waals surface area contributed by atoms with Crippen LogP contribution in [0.25, 0.3) is 0 Å². The molecule has 0 fully saturated rings. The Morgan fingerprint density at radius 3 is 1.73 bits per heavy atom. The van der Waals surface area contributed by atoms with Gasteiger partial charge in [-0.25, -0.2) is 0 Å². The van der Waals surface area contributed by atoms with Crippen molar-refractivity contribution in [2.45, 2.75) is 46.1 Å². The summed E-state index contributed by atoms with van der Waals surface area (Å²) in [6.07, 6.45) is 1.15. The molecule has 0 spiro atoms. The summed E-state index contributed by atoms with van der Waals surface area (Å²) in [6, 6.07) is 0. The van der Waals surface area contributed by atoms with E-state index in [2.05, 4.69) is 39.7 Å². The molecule has 0 amide bonds. The molecule has 0 aromatic carbocycles. The van der Waals surface area contributed by atoms with Crippen molar-refractivity contribution < 1.29 is 4.43 Å². The summed E-state index contributed by atoms with van der Waals surface area (Å²) >= 11 is 0. The molecule has 3 heteroatoms. The highest BCUT2D eigenvalue weighted by Crippen LogP contribution is 2.19. The molecule has 68 valence electrons. The Kier molecular flexibility index (Phi) is 4.01. The number of hydrogen-bond donors (Lipinski definition) is 0. The van der Waals surface area contributed by atoms with E-state index in [-0.39, 0.29) is 0 Å². The van der Waals surface area contributed by atoms with Gasteiger partial charge in [0.05, 0.1) is 7.59 Å². The van der Waals surface area contributed by atoms with Crippen LogP contribution >= 0.6 is 0 Å². The monoisotopic (exact) mass is 190 g/mol. The molecule has 0 rings (SSSR count). The van der Waals surface area contributed by atoms with Crippen molar-refractivity contribution in [2.24, 2.45) is 0 Å². The second kappa shape index (κ2) is 3.87. The summed E-state index contributed by atoms with van der Waals surface area (Å²) in [4.78, 5) is 0. The van der Waals surface area contributed by atoms with Gasteiger partial charge in [0.2, 0.25) is 0 Å². The van der Waals surface area contributed by atoms with Gasteiger partial charge in [-0.05, 0) is 19.5 Å². The van der Waals surface area contributed by atoms with Crippen LogP contribution in [0.5, 0.6) is 0 Å². The average molecular weight is 190 g/mol. The van der Waals surface area contributed by atoms with Crippen LogP contribution in [-0.4, -0.2) is 22.0 Å². The SMILES string of the molecule is CCCO[Si](C)(C)[Si](C)(C)C. The smallest absolute Gasteiger partial charge is 0.173 e. The zero-order valence-corrected chi connectivity index (χ0v) is 10.8. The van der Waals surface area contributed by atoms with Gasteiger partial charge in [-0.15, -0.1) is 0 Å². The summed E-state index contributed by atoms with van der Waals surface area (Å²) in [5, 5.41) is 0. The lowest BCUT2D eigenvalue weighted by atomic mass is 10.5. The third-order valence-corrected chi connectivity index (χ3v) is 18.3. The van der Waals surface area contributed by atoms with Crippen LogP contribution in [-0.2, 0) is 4.43 Å². The Balaban J connectivity index is 4.00. The molecule has 0 heterocycles. The fourth-order valence-corrected chi connectivity index (χ4v) is 3.33. The Labute approximate surface area is 73.1 Å². The molecule has 0 aliphatic heterocycles. The fraction of sp³-hybridized carbons (Fsp3) is 1.00. The van der Waals surface area contributed by atoms with Crippen LogP contribution < -0.4 is 0 Å². The van der Waals surface area contributed by atoms with Crippen molar-refractivity contribution in [3.8, 4) is 0 Å². The predicted molar refractivity (Wildman–Crippen MR) is 57.1 cm³/mol. The Morgan fingerprint density at radius 1 is 1.00 bits per heavy atom. The first kappa shape index (κ1) is 11.4. The molecule has 0 aliphatic rings. The molecule has 0 bridgehead atoms. The minimum Gasteiger partial charge on any atom is -0.420 e. The molecule has 11 heavy (non-hydrogen) atoms. The van der Waals surface area contributed by atoms with Crippen LogP contribution in [0.1, 0.15) is 13.3 Å². The van der Waals surface area contributed by atoms with Gasteiger partial charge in [0.1, 0.15) is 0 Å². The lowest BCUT2D eigenvalue weighted by Gasteiger charge is -2.34. The molecule has 0 saturated heterocycles. The fourth-order valence-electron chi connectivity index (χ4n) is 0.574. The van der Waals surface area contributed by atoms with Crippen molar-refractivity contribution in [3.05, 3.63) is 0 Å². The lowest BCUT2D eigenvalue weighted by molar-refractivity contribution is 0.318. The maximum absolute atomic E-state index is 5.94. The van der Waals surface area contributed by atoms with Crippen LogP contribution in [0, 0.1) is 0 Å². The van der Waals surface area contributed by atoms with E-state index < -0.39 is 15.4 Å². The molecule has 0 unspecified atom stereocenters. The predicted octanol–water partition coefficient (Wildman–Crippen LogP) is 3.03. The summed E-state index contributed by atoms with van der Waals surface area (Å²) in [7, 11) is -2.29. The summed E-state index contributed by atoms with van der Waals surface area (Å²) in [5.74, 6) is 0. The van der Waals surface area contributed by atoms with Gasteiger partial charge in [-0.3, -0.25) is 0 Å². The third-order valence-electron chi connectivity index (χ3n) is 2.47. The lowest BCUT2D eigenvalue weighted by Crippen LogP contribution is -2.54. The minimum absolute atomic E-state index is 0.962. The minimum atomic E-state index is -1.29. The van der Waals surface area contributed by atoms with Crippen molar-refractivity contribution in [2.75, 3.05) is 6.61 Å². The van der Waals surface area contributed by atoms with Crippen molar-refractivity contribution in [1.82, 2.24) is 0 Å². The van der Waals surface area contributed by atoms with Crippen molar-refractivity contribution in [3.63, 3.8) is 0 Å². The average Bonchev–Trinajstić information content (AvgIpc) is 1.81. The maximum atomic E-state index is 5.94.